The first-order valence-corrected chi connectivity index (χ1v) is 4.78. The zero-order chi connectivity index (χ0) is 10.5. The molecule has 0 aromatic heterocycles. The van der Waals surface area contributed by atoms with Gasteiger partial charge in [0.05, 0.1) is 6.10 Å². The second kappa shape index (κ2) is 3.08. The number of aliphatic hydroxyl groups is 1. The number of rotatable bonds is 1. The molecule has 0 aromatic rings. The molecule has 0 radical (unpaired) electrons. The molecule has 82 valence electrons. The third kappa shape index (κ3) is 1.51. The molecule has 2 bridgehead atoms. The summed E-state index contributed by atoms with van der Waals surface area (Å²) in [5.41, 5.74) is 0. The van der Waals surface area contributed by atoms with E-state index in [9.17, 15) is 22.7 Å². The molecule has 0 aromatic carbocycles. The molecule has 0 spiro atoms. The molecule has 2 aliphatic carbocycles. The predicted octanol–water partition coefficient (Wildman–Crippen LogP) is 2.29. The molecule has 5 unspecified atom stereocenters. The summed E-state index contributed by atoms with van der Waals surface area (Å²) < 4.78 is 49.3. The van der Waals surface area contributed by atoms with Gasteiger partial charge in [0.2, 0.25) is 0 Å². The Balaban J connectivity index is 2.07. The Kier molecular flexibility index (Phi) is 2.25. The molecule has 2 aliphatic rings. The van der Waals surface area contributed by atoms with Gasteiger partial charge in [-0.1, -0.05) is 0 Å². The van der Waals surface area contributed by atoms with Crippen molar-refractivity contribution < 1.29 is 22.7 Å². The molecule has 0 heterocycles. The van der Waals surface area contributed by atoms with Crippen LogP contribution in [-0.4, -0.2) is 23.6 Å². The van der Waals surface area contributed by atoms with Gasteiger partial charge in [-0.25, -0.2) is 4.39 Å². The molecule has 2 saturated carbocycles. The summed E-state index contributed by atoms with van der Waals surface area (Å²) in [6, 6.07) is 0. The van der Waals surface area contributed by atoms with Crippen molar-refractivity contribution in [3.63, 3.8) is 0 Å². The quantitative estimate of drug-likeness (QED) is 0.661. The van der Waals surface area contributed by atoms with E-state index in [1.807, 2.05) is 0 Å². The molecule has 2 fully saturated rings. The fourth-order valence-corrected chi connectivity index (χ4v) is 2.95. The maximum Gasteiger partial charge on any atom is 0.419 e. The smallest absolute Gasteiger partial charge is 0.393 e. The SMILES string of the molecule is OC1CC2CC1C(C(F)C(F)(F)F)C2. The Morgan fingerprint density at radius 2 is 1.79 bits per heavy atom. The van der Waals surface area contributed by atoms with E-state index in [0.717, 1.165) is 0 Å². The minimum atomic E-state index is -4.77. The molecular formula is C9H12F4O. The summed E-state index contributed by atoms with van der Waals surface area (Å²) in [5.74, 6) is -1.39. The fraction of sp³-hybridized carbons (Fsp3) is 1.00. The molecule has 5 atom stereocenters. The van der Waals surface area contributed by atoms with Gasteiger partial charge in [0.1, 0.15) is 0 Å². The van der Waals surface area contributed by atoms with Crippen LogP contribution in [0.1, 0.15) is 19.3 Å². The predicted molar refractivity (Wildman–Crippen MR) is 41.3 cm³/mol. The first kappa shape index (κ1) is 10.2. The first-order chi connectivity index (χ1) is 6.39. The molecule has 0 amide bonds. The lowest BCUT2D eigenvalue weighted by Gasteiger charge is -2.29. The van der Waals surface area contributed by atoms with Crippen LogP contribution in [0.15, 0.2) is 0 Å². The van der Waals surface area contributed by atoms with Gasteiger partial charge in [-0.2, -0.15) is 13.2 Å². The lowest BCUT2D eigenvalue weighted by Crippen LogP contribution is -2.38. The van der Waals surface area contributed by atoms with Gasteiger partial charge in [0.15, 0.2) is 6.17 Å². The van der Waals surface area contributed by atoms with E-state index in [1.54, 1.807) is 0 Å². The van der Waals surface area contributed by atoms with Crippen LogP contribution < -0.4 is 0 Å². The van der Waals surface area contributed by atoms with E-state index in [1.165, 1.54) is 0 Å². The van der Waals surface area contributed by atoms with Gasteiger partial charge in [-0.15, -0.1) is 0 Å². The maximum atomic E-state index is 13.0. The average Bonchev–Trinajstić information content (AvgIpc) is 2.58. The molecule has 0 saturated heterocycles. The highest BCUT2D eigenvalue weighted by Gasteiger charge is 2.55. The zero-order valence-electron chi connectivity index (χ0n) is 7.47. The molecule has 2 rings (SSSR count). The van der Waals surface area contributed by atoms with E-state index in [2.05, 4.69) is 0 Å². The van der Waals surface area contributed by atoms with Crippen molar-refractivity contribution in [2.75, 3.05) is 0 Å². The van der Waals surface area contributed by atoms with Crippen LogP contribution in [-0.2, 0) is 0 Å². The Morgan fingerprint density at radius 3 is 2.21 bits per heavy atom. The molecule has 0 aliphatic heterocycles. The van der Waals surface area contributed by atoms with Crippen molar-refractivity contribution in [3.05, 3.63) is 0 Å². The van der Waals surface area contributed by atoms with Crippen LogP contribution in [0.4, 0.5) is 17.6 Å². The fourth-order valence-electron chi connectivity index (χ4n) is 2.95. The van der Waals surface area contributed by atoms with E-state index in [4.69, 9.17) is 0 Å². The van der Waals surface area contributed by atoms with Crippen molar-refractivity contribution in [2.24, 2.45) is 17.8 Å². The average molecular weight is 212 g/mol. The topological polar surface area (TPSA) is 20.2 Å². The van der Waals surface area contributed by atoms with E-state index in [-0.39, 0.29) is 12.3 Å². The summed E-state index contributed by atoms with van der Waals surface area (Å²) in [4.78, 5) is 0. The van der Waals surface area contributed by atoms with Crippen LogP contribution >= 0.6 is 0 Å². The van der Waals surface area contributed by atoms with Crippen molar-refractivity contribution in [2.45, 2.75) is 37.7 Å². The Hall–Kier alpha value is -0.320. The minimum absolute atomic E-state index is 0.0978. The first-order valence-electron chi connectivity index (χ1n) is 4.78. The number of halogens is 4. The second-order valence-corrected chi connectivity index (χ2v) is 4.41. The maximum absolute atomic E-state index is 13.0. The number of hydrogen-bond donors (Lipinski definition) is 1. The van der Waals surface area contributed by atoms with Gasteiger partial charge < -0.3 is 5.11 Å². The summed E-state index contributed by atoms with van der Waals surface area (Å²) in [6.07, 6.45) is -6.86. The summed E-state index contributed by atoms with van der Waals surface area (Å²) in [5, 5.41) is 9.37. The molecule has 1 nitrogen and oxygen atoms in total. The van der Waals surface area contributed by atoms with Crippen molar-refractivity contribution in [1.82, 2.24) is 0 Å². The number of hydrogen-bond acceptors (Lipinski definition) is 1. The van der Waals surface area contributed by atoms with Gasteiger partial charge in [-0.3, -0.25) is 0 Å². The Labute approximate surface area is 79.1 Å². The van der Waals surface area contributed by atoms with Crippen LogP contribution in [0.25, 0.3) is 0 Å². The highest BCUT2D eigenvalue weighted by molar-refractivity contribution is 4.99. The normalized spacial score (nSPS) is 44.4. The third-order valence-corrected chi connectivity index (χ3v) is 3.52. The van der Waals surface area contributed by atoms with Crippen LogP contribution in [0, 0.1) is 17.8 Å². The van der Waals surface area contributed by atoms with Gasteiger partial charge in [0, 0.05) is 5.92 Å². The Bertz CT molecular complexity index is 227. The van der Waals surface area contributed by atoms with E-state index in [0.29, 0.717) is 12.8 Å². The lowest BCUT2D eigenvalue weighted by atomic mass is 9.83. The third-order valence-electron chi connectivity index (χ3n) is 3.52. The minimum Gasteiger partial charge on any atom is -0.393 e. The summed E-state index contributed by atoms with van der Waals surface area (Å²) in [7, 11) is 0. The van der Waals surface area contributed by atoms with Crippen molar-refractivity contribution in [1.29, 1.82) is 0 Å². The standard InChI is InChI=1S/C9H12F4O/c10-8(9(11,12)13)6-2-4-1-5(6)7(14)3-4/h4-8,14H,1-3H2. The number of fused-ring (bicyclic) bond motifs is 2. The van der Waals surface area contributed by atoms with Crippen LogP contribution in [0.5, 0.6) is 0 Å². The van der Waals surface area contributed by atoms with Gasteiger partial charge >= 0.3 is 6.18 Å². The lowest BCUT2D eigenvalue weighted by molar-refractivity contribution is -0.202. The van der Waals surface area contributed by atoms with Gasteiger partial charge in [0.25, 0.3) is 0 Å². The highest BCUT2D eigenvalue weighted by Crippen LogP contribution is 2.52. The number of aliphatic hydroxyl groups excluding tert-OH is 1. The number of alkyl halides is 4. The molecule has 5 heteroatoms. The highest BCUT2D eigenvalue weighted by atomic mass is 19.4. The zero-order valence-corrected chi connectivity index (χ0v) is 7.47. The summed E-state index contributed by atoms with van der Waals surface area (Å²) in [6.45, 7) is 0. The largest absolute Gasteiger partial charge is 0.419 e. The van der Waals surface area contributed by atoms with Crippen LogP contribution in [0.2, 0.25) is 0 Å². The van der Waals surface area contributed by atoms with E-state index >= 15 is 0 Å². The van der Waals surface area contributed by atoms with Crippen LogP contribution in [0.3, 0.4) is 0 Å². The Morgan fingerprint density at radius 1 is 1.14 bits per heavy atom. The van der Waals surface area contributed by atoms with Gasteiger partial charge in [-0.05, 0) is 31.1 Å². The van der Waals surface area contributed by atoms with Crippen molar-refractivity contribution in [3.8, 4) is 0 Å². The van der Waals surface area contributed by atoms with Crippen molar-refractivity contribution >= 4 is 0 Å². The molecule has 14 heavy (non-hydrogen) atoms. The second-order valence-electron chi connectivity index (χ2n) is 4.41. The molecule has 1 N–H and O–H groups in total. The summed E-state index contributed by atoms with van der Waals surface area (Å²) >= 11 is 0. The molecular weight excluding hydrogens is 200 g/mol. The van der Waals surface area contributed by atoms with E-state index < -0.39 is 30.3 Å². The monoisotopic (exact) mass is 212 g/mol.